The smallest absolute Gasteiger partial charge is 0.358 e. The average molecular weight is 385 g/mol. The van der Waals surface area contributed by atoms with E-state index < -0.39 is 11.0 Å². The molecule has 2 aromatic rings. The topological polar surface area (TPSA) is 108 Å². The van der Waals surface area contributed by atoms with E-state index >= 15 is 0 Å². The molecule has 10 heteroatoms. The van der Waals surface area contributed by atoms with Crippen molar-refractivity contribution in [3.63, 3.8) is 0 Å². The van der Waals surface area contributed by atoms with Crippen LogP contribution < -0.4 is 5.32 Å². The van der Waals surface area contributed by atoms with E-state index in [0.717, 1.165) is 4.47 Å². The van der Waals surface area contributed by atoms with Crippen LogP contribution in [0.15, 0.2) is 22.9 Å². The number of nitrogens with zero attached hydrogens (tertiary/aromatic N) is 5. The van der Waals surface area contributed by atoms with Gasteiger partial charge in [-0.15, -0.1) is 0 Å². The Balaban J connectivity index is 1.92. The molecule has 0 fully saturated rings. The second-order valence-corrected chi connectivity index (χ2v) is 5.89. The van der Waals surface area contributed by atoms with Gasteiger partial charge in [0.1, 0.15) is 6.04 Å². The lowest BCUT2D eigenvalue weighted by molar-refractivity contribution is -0.389. The maximum Gasteiger partial charge on any atom is 0.390 e. The van der Waals surface area contributed by atoms with Gasteiger partial charge in [-0.25, -0.2) is 0 Å². The predicted molar refractivity (Wildman–Crippen MR) is 85.9 cm³/mol. The Morgan fingerprint density at radius 3 is 2.83 bits per heavy atom. The molecule has 2 aromatic heterocycles. The molecule has 1 N–H and O–H groups in total. The lowest BCUT2D eigenvalue weighted by Gasteiger charge is -2.15. The van der Waals surface area contributed by atoms with Gasteiger partial charge < -0.3 is 15.4 Å². The number of halogens is 1. The van der Waals surface area contributed by atoms with Crippen molar-refractivity contribution in [3.8, 4) is 0 Å². The summed E-state index contributed by atoms with van der Waals surface area (Å²) in [6.07, 6.45) is 3.98. The van der Waals surface area contributed by atoms with E-state index in [-0.39, 0.29) is 11.7 Å². The van der Waals surface area contributed by atoms with Crippen molar-refractivity contribution in [1.29, 1.82) is 0 Å². The van der Waals surface area contributed by atoms with Gasteiger partial charge in [-0.05, 0) is 34.2 Å². The lowest BCUT2D eigenvalue weighted by atomic mass is 10.2. The van der Waals surface area contributed by atoms with Crippen molar-refractivity contribution in [1.82, 2.24) is 24.9 Å². The summed E-state index contributed by atoms with van der Waals surface area (Å²) in [6, 6.07) is 1.01. The average Bonchev–Trinajstić information content (AvgIpc) is 3.07. The fourth-order valence-electron chi connectivity index (χ4n) is 2.19. The van der Waals surface area contributed by atoms with Crippen molar-refractivity contribution in [2.45, 2.75) is 32.9 Å². The summed E-state index contributed by atoms with van der Waals surface area (Å²) in [4.78, 5) is 22.4. The molecule has 124 valence electrons. The Kier molecular flexibility index (Phi) is 5.48. The van der Waals surface area contributed by atoms with E-state index in [1.165, 1.54) is 10.7 Å². The third-order valence-electron chi connectivity index (χ3n) is 3.36. The normalized spacial score (nSPS) is 12.1. The fraction of sp³-hybridized carbons (Fsp3) is 0.462. The minimum absolute atomic E-state index is 0.151. The summed E-state index contributed by atoms with van der Waals surface area (Å²) in [5.41, 5.74) is 0.675. The monoisotopic (exact) mass is 384 g/mol. The minimum Gasteiger partial charge on any atom is -0.358 e. The largest absolute Gasteiger partial charge is 0.390 e. The van der Waals surface area contributed by atoms with Gasteiger partial charge >= 0.3 is 5.82 Å². The zero-order valence-electron chi connectivity index (χ0n) is 12.8. The number of amides is 1. The summed E-state index contributed by atoms with van der Waals surface area (Å²) in [6.45, 7) is 4.33. The molecule has 0 saturated heterocycles. The van der Waals surface area contributed by atoms with Crippen LogP contribution in [0.1, 0.15) is 25.1 Å². The van der Waals surface area contributed by atoms with Crippen LogP contribution >= 0.6 is 15.9 Å². The summed E-state index contributed by atoms with van der Waals surface area (Å²) in [7, 11) is 0. The van der Waals surface area contributed by atoms with Crippen LogP contribution in [-0.4, -0.2) is 36.9 Å². The molecule has 0 aliphatic heterocycles. The van der Waals surface area contributed by atoms with Gasteiger partial charge in [0, 0.05) is 12.7 Å². The van der Waals surface area contributed by atoms with Crippen molar-refractivity contribution in [2.24, 2.45) is 0 Å². The van der Waals surface area contributed by atoms with Gasteiger partial charge in [0.15, 0.2) is 0 Å². The van der Waals surface area contributed by atoms with Gasteiger partial charge in [0.2, 0.25) is 5.91 Å². The van der Waals surface area contributed by atoms with Crippen LogP contribution in [0.25, 0.3) is 0 Å². The van der Waals surface area contributed by atoms with E-state index in [1.807, 2.05) is 6.92 Å². The Bertz CT molecular complexity index is 710. The highest BCUT2D eigenvalue weighted by Gasteiger charge is 2.20. The van der Waals surface area contributed by atoms with E-state index in [2.05, 4.69) is 31.4 Å². The van der Waals surface area contributed by atoms with E-state index in [1.54, 1.807) is 24.0 Å². The first-order valence-corrected chi connectivity index (χ1v) is 7.88. The predicted octanol–water partition coefficient (Wildman–Crippen LogP) is 1.83. The number of nitrogens with one attached hydrogen (secondary N) is 1. The Hall–Kier alpha value is -2.23. The number of carbonyl (C=O) groups excluding carboxylic acids is 1. The first-order valence-electron chi connectivity index (χ1n) is 7.08. The third-order valence-corrected chi connectivity index (χ3v) is 3.77. The maximum atomic E-state index is 12.2. The molecule has 0 aliphatic rings. The molecule has 1 amide bonds. The van der Waals surface area contributed by atoms with Crippen LogP contribution in [0.3, 0.4) is 0 Å². The van der Waals surface area contributed by atoms with Crippen molar-refractivity contribution < 1.29 is 9.72 Å². The first-order chi connectivity index (χ1) is 10.9. The highest BCUT2D eigenvalue weighted by molar-refractivity contribution is 9.10. The number of nitro groups is 1. The second-order valence-electron chi connectivity index (χ2n) is 4.98. The molecule has 2 heterocycles. The summed E-state index contributed by atoms with van der Waals surface area (Å²) in [5, 5.41) is 21.5. The molecule has 0 aliphatic carbocycles. The molecule has 1 unspecified atom stereocenters. The van der Waals surface area contributed by atoms with Crippen LogP contribution in [0.2, 0.25) is 0 Å². The molecular weight excluding hydrogens is 368 g/mol. The van der Waals surface area contributed by atoms with Crippen LogP contribution in [0.5, 0.6) is 0 Å². The molecular formula is C13H17BrN6O3. The number of hydrogen-bond acceptors (Lipinski definition) is 5. The first kappa shape index (κ1) is 17.1. The second kappa shape index (κ2) is 7.36. The van der Waals surface area contributed by atoms with Crippen LogP contribution in [0.4, 0.5) is 5.82 Å². The highest BCUT2D eigenvalue weighted by atomic mass is 79.9. The van der Waals surface area contributed by atoms with Crippen LogP contribution in [0, 0.1) is 17.0 Å². The molecule has 0 saturated carbocycles. The summed E-state index contributed by atoms with van der Waals surface area (Å²) < 4.78 is 3.91. The van der Waals surface area contributed by atoms with Crippen molar-refractivity contribution in [2.75, 3.05) is 6.54 Å². The van der Waals surface area contributed by atoms with Crippen molar-refractivity contribution >= 4 is 27.7 Å². The number of rotatable bonds is 7. The lowest BCUT2D eigenvalue weighted by Crippen LogP contribution is -2.34. The summed E-state index contributed by atoms with van der Waals surface area (Å²) >= 11 is 3.30. The molecule has 0 spiro atoms. The number of carbonyl (C=O) groups is 1. The van der Waals surface area contributed by atoms with Crippen LogP contribution in [-0.2, 0) is 11.3 Å². The molecule has 0 bridgehead atoms. The van der Waals surface area contributed by atoms with Gasteiger partial charge in [-0.2, -0.15) is 9.78 Å². The van der Waals surface area contributed by atoms with Gasteiger partial charge in [-0.1, -0.05) is 6.92 Å². The number of hydrogen-bond donors (Lipinski definition) is 1. The number of aryl methyl sites for hydroxylation is 1. The van der Waals surface area contributed by atoms with E-state index in [9.17, 15) is 14.9 Å². The summed E-state index contributed by atoms with van der Waals surface area (Å²) in [5.74, 6) is -0.343. The molecule has 0 aromatic carbocycles. The molecule has 23 heavy (non-hydrogen) atoms. The standard InChI is InChI=1S/C13H17BrN6O3/c1-3-11(19-8-10(14)7-16-19)13(21)15-4-5-18-9(2)6-12(17-18)20(22)23/h6-8,11H,3-5H2,1-2H3,(H,15,21). The van der Waals surface area contributed by atoms with Gasteiger partial charge in [0.25, 0.3) is 0 Å². The highest BCUT2D eigenvalue weighted by Crippen LogP contribution is 2.15. The minimum atomic E-state index is -0.537. The Labute approximate surface area is 140 Å². The zero-order chi connectivity index (χ0) is 17.0. The van der Waals surface area contributed by atoms with Gasteiger partial charge in [0.05, 0.1) is 34.1 Å². The number of aromatic nitrogens is 4. The van der Waals surface area contributed by atoms with E-state index in [0.29, 0.717) is 25.2 Å². The molecule has 2 rings (SSSR count). The molecule has 0 radical (unpaired) electrons. The Morgan fingerprint density at radius 2 is 2.30 bits per heavy atom. The SMILES string of the molecule is CCC(C(=O)NCCn1nc([N+](=O)[O-])cc1C)n1cc(Br)cn1. The van der Waals surface area contributed by atoms with E-state index in [4.69, 9.17) is 0 Å². The Morgan fingerprint density at radius 1 is 1.57 bits per heavy atom. The zero-order valence-corrected chi connectivity index (χ0v) is 14.4. The molecule has 9 nitrogen and oxygen atoms in total. The molecule has 1 atom stereocenters. The third kappa shape index (κ3) is 4.15. The maximum absolute atomic E-state index is 12.2. The van der Waals surface area contributed by atoms with Crippen molar-refractivity contribution in [3.05, 3.63) is 38.7 Å². The van der Waals surface area contributed by atoms with Gasteiger partial charge in [-0.3, -0.25) is 9.48 Å². The quantitative estimate of drug-likeness (QED) is 0.578. The fourth-order valence-corrected chi connectivity index (χ4v) is 2.49.